The molecule has 0 heterocycles. The van der Waals surface area contributed by atoms with E-state index in [2.05, 4.69) is 11.8 Å². The molecule has 90 valence electrons. The van der Waals surface area contributed by atoms with Crippen molar-refractivity contribution in [3.05, 3.63) is 29.6 Å². The molecule has 0 radical (unpaired) electrons. The van der Waals surface area contributed by atoms with Crippen molar-refractivity contribution < 1.29 is 9.13 Å². The molecule has 1 nitrogen and oxygen atoms in total. The summed E-state index contributed by atoms with van der Waals surface area (Å²) in [6.45, 7) is 0. The summed E-state index contributed by atoms with van der Waals surface area (Å²) in [6, 6.07) is 4.80. The van der Waals surface area contributed by atoms with Crippen LogP contribution in [0, 0.1) is 17.7 Å². The van der Waals surface area contributed by atoms with Gasteiger partial charge in [0.1, 0.15) is 11.6 Å². The fourth-order valence-electron chi connectivity index (χ4n) is 2.00. The summed E-state index contributed by atoms with van der Waals surface area (Å²) >= 11 is 5.43. The monoisotopic (exact) mass is 252 g/mol. The van der Waals surface area contributed by atoms with Crippen molar-refractivity contribution in [2.75, 3.05) is 5.88 Å². The van der Waals surface area contributed by atoms with Crippen LogP contribution in [0.15, 0.2) is 18.2 Å². The van der Waals surface area contributed by atoms with Crippen LogP contribution in [0.5, 0.6) is 5.75 Å². The summed E-state index contributed by atoms with van der Waals surface area (Å²) in [4.78, 5) is 0. The van der Waals surface area contributed by atoms with E-state index >= 15 is 0 Å². The van der Waals surface area contributed by atoms with Crippen molar-refractivity contribution in [3.8, 4) is 17.6 Å². The van der Waals surface area contributed by atoms with E-state index in [0.717, 1.165) is 12.8 Å². The van der Waals surface area contributed by atoms with Crippen molar-refractivity contribution in [2.45, 2.75) is 31.8 Å². The lowest BCUT2D eigenvalue weighted by Gasteiger charge is -2.13. The van der Waals surface area contributed by atoms with Gasteiger partial charge in [0.15, 0.2) is 0 Å². The summed E-state index contributed by atoms with van der Waals surface area (Å²) < 4.78 is 19.3. The van der Waals surface area contributed by atoms with Gasteiger partial charge in [-0.25, -0.2) is 4.39 Å². The Labute approximate surface area is 106 Å². The first-order valence-electron chi connectivity index (χ1n) is 5.80. The number of hydrogen-bond acceptors (Lipinski definition) is 1. The molecule has 0 atom stereocenters. The Hall–Kier alpha value is -1.20. The third-order valence-corrected chi connectivity index (χ3v) is 2.97. The lowest BCUT2D eigenvalue weighted by atomic mass is 10.2. The highest BCUT2D eigenvalue weighted by Gasteiger charge is 2.16. The molecule has 0 amide bonds. The van der Waals surface area contributed by atoms with Crippen LogP contribution >= 0.6 is 11.6 Å². The minimum Gasteiger partial charge on any atom is -0.490 e. The molecule has 1 fully saturated rings. The molecule has 0 saturated heterocycles. The Kier molecular flexibility index (Phi) is 4.28. The number of rotatable bonds is 2. The topological polar surface area (TPSA) is 9.23 Å². The molecule has 1 aromatic rings. The zero-order valence-corrected chi connectivity index (χ0v) is 10.3. The molecule has 1 aliphatic carbocycles. The Morgan fingerprint density at radius 2 is 2.12 bits per heavy atom. The van der Waals surface area contributed by atoms with Crippen molar-refractivity contribution in [2.24, 2.45) is 0 Å². The third kappa shape index (κ3) is 3.38. The van der Waals surface area contributed by atoms with Gasteiger partial charge in [0.2, 0.25) is 0 Å². The van der Waals surface area contributed by atoms with Gasteiger partial charge >= 0.3 is 0 Å². The lowest BCUT2D eigenvalue weighted by Crippen LogP contribution is -2.10. The zero-order chi connectivity index (χ0) is 12.1. The molecule has 0 unspecified atom stereocenters. The predicted octanol–water partition coefficient (Wildman–Crippen LogP) is 3.74. The Morgan fingerprint density at radius 1 is 1.35 bits per heavy atom. The third-order valence-electron chi connectivity index (χ3n) is 2.84. The number of hydrogen-bond donors (Lipinski definition) is 0. The van der Waals surface area contributed by atoms with E-state index in [1.54, 1.807) is 12.1 Å². The fourth-order valence-corrected chi connectivity index (χ4v) is 2.06. The van der Waals surface area contributed by atoms with Gasteiger partial charge in [-0.2, -0.15) is 0 Å². The van der Waals surface area contributed by atoms with E-state index in [1.165, 1.54) is 18.9 Å². The van der Waals surface area contributed by atoms with Gasteiger partial charge in [0, 0.05) is 6.07 Å². The van der Waals surface area contributed by atoms with Gasteiger partial charge in [-0.1, -0.05) is 11.8 Å². The smallest absolute Gasteiger partial charge is 0.142 e. The SMILES string of the molecule is Fc1cc(OC2CCCC2)ccc1C#CCCl. The maximum Gasteiger partial charge on any atom is 0.142 e. The molecular formula is C14H14ClFO. The molecule has 0 bridgehead atoms. The van der Waals surface area contributed by atoms with E-state index < -0.39 is 0 Å². The van der Waals surface area contributed by atoms with E-state index in [1.807, 2.05) is 0 Å². The van der Waals surface area contributed by atoms with Gasteiger partial charge in [0.25, 0.3) is 0 Å². The average molecular weight is 253 g/mol. The second kappa shape index (κ2) is 5.93. The summed E-state index contributed by atoms with van der Waals surface area (Å²) in [6.07, 6.45) is 4.78. The van der Waals surface area contributed by atoms with Crippen molar-refractivity contribution >= 4 is 11.6 Å². The molecule has 0 spiro atoms. The Morgan fingerprint density at radius 3 is 2.76 bits per heavy atom. The van der Waals surface area contributed by atoms with Crippen LogP contribution in [-0.4, -0.2) is 12.0 Å². The van der Waals surface area contributed by atoms with Crippen LogP contribution in [0.4, 0.5) is 4.39 Å². The molecule has 0 N–H and O–H groups in total. The van der Waals surface area contributed by atoms with Crippen LogP contribution in [0.1, 0.15) is 31.2 Å². The molecule has 1 aromatic carbocycles. The summed E-state index contributed by atoms with van der Waals surface area (Å²) in [5.41, 5.74) is 0.365. The number of benzene rings is 1. The van der Waals surface area contributed by atoms with E-state index in [0.29, 0.717) is 11.3 Å². The molecule has 1 saturated carbocycles. The van der Waals surface area contributed by atoms with E-state index in [9.17, 15) is 4.39 Å². The zero-order valence-electron chi connectivity index (χ0n) is 9.51. The van der Waals surface area contributed by atoms with Crippen LogP contribution in [0.3, 0.4) is 0 Å². The first-order valence-corrected chi connectivity index (χ1v) is 6.34. The van der Waals surface area contributed by atoms with Crippen molar-refractivity contribution in [1.82, 2.24) is 0 Å². The van der Waals surface area contributed by atoms with E-state index in [-0.39, 0.29) is 17.8 Å². The number of halogens is 2. The highest BCUT2D eigenvalue weighted by atomic mass is 35.5. The largest absolute Gasteiger partial charge is 0.490 e. The van der Waals surface area contributed by atoms with Crippen molar-refractivity contribution in [1.29, 1.82) is 0 Å². The lowest BCUT2D eigenvalue weighted by molar-refractivity contribution is 0.209. The van der Waals surface area contributed by atoms with Gasteiger partial charge in [-0.15, -0.1) is 11.6 Å². The Balaban J connectivity index is 2.07. The quantitative estimate of drug-likeness (QED) is 0.576. The minimum absolute atomic E-state index is 0.208. The fraction of sp³-hybridized carbons (Fsp3) is 0.429. The molecular weight excluding hydrogens is 239 g/mol. The minimum atomic E-state index is -0.349. The average Bonchev–Trinajstić information content (AvgIpc) is 2.81. The first-order chi connectivity index (χ1) is 8.29. The second-order valence-corrected chi connectivity index (χ2v) is 4.37. The first kappa shape index (κ1) is 12.3. The van der Waals surface area contributed by atoms with E-state index in [4.69, 9.17) is 16.3 Å². The van der Waals surface area contributed by atoms with Crippen LogP contribution in [0.2, 0.25) is 0 Å². The van der Waals surface area contributed by atoms with Gasteiger partial charge in [-0.3, -0.25) is 0 Å². The normalized spacial score (nSPS) is 15.4. The maximum atomic E-state index is 13.6. The molecule has 0 aliphatic heterocycles. The molecule has 17 heavy (non-hydrogen) atoms. The molecule has 0 aromatic heterocycles. The highest BCUT2D eigenvalue weighted by Crippen LogP contribution is 2.25. The van der Waals surface area contributed by atoms with Crippen LogP contribution < -0.4 is 4.74 Å². The molecule has 1 aliphatic rings. The van der Waals surface area contributed by atoms with Crippen LogP contribution in [0.25, 0.3) is 0 Å². The molecule has 3 heteroatoms. The van der Waals surface area contributed by atoms with Gasteiger partial charge in [-0.05, 0) is 37.8 Å². The maximum absolute atomic E-state index is 13.6. The number of alkyl halides is 1. The van der Waals surface area contributed by atoms with Gasteiger partial charge < -0.3 is 4.74 Å². The van der Waals surface area contributed by atoms with Gasteiger partial charge in [0.05, 0.1) is 17.5 Å². The van der Waals surface area contributed by atoms with Crippen molar-refractivity contribution in [3.63, 3.8) is 0 Å². The second-order valence-electron chi connectivity index (χ2n) is 4.10. The standard InChI is InChI=1S/C14H14ClFO/c15-9-3-4-11-7-8-13(10-14(11)16)17-12-5-1-2-6-12/h7-8,10,12H,1-2,5-6,9H2. The molecule has 2 rings (SSSR count). The van der Waals surface area contributed by atoms with Crippen LogP contribution in [-0.2, 0) is 0 Å². The summed E-state index contributed by atoms with van der Waals surface area (Å²) in [7, 11) is 0. The Bertz CT molecular complexity index is 441. The summed E-state index contributed by atoms with van der Waals surface area (Å²) in [5.74, 6) is 5.75. The highest BCUT2D eigenvalue weighted by molar-refractivity contribution is 6.19. The number of ether oxygens (including phenoxy) is 1. The predicted molar refractivity (Wildman–Crippen MR) is 66.9 cm³/mol. The summed E-state index contributed by atoms with van der Waals surface area (Å²) in [5, 5.41) is 0.